The first kappa shape index (κ1) is 19.3. The molecule has 3 rings (SSSR count). The number of alkyl halides is 3. The number of para-hydroxylation sites is 2. The number of ether oxygens (including phenoxy) is 1. The van der Waals surface area contributed by atoms with Crippen LogP contribution >= 0.6 is 0 Å². The third kappa shape index (κ3) is 4.25. The van der Waals surface area contributed by atoms with Crippen LogP contribution in [0.3, 0.4) is 0 Å². The van der Waals surface area contributed by atoms with Crippen LogP contribution in [0.25, 0.3) is 5.69 Å². The first-order valence-electron chi connectivity index (χ1n) is 8.22. The van der Waals surface area contributed by atoms with E-state index < -0.39 is 24.3 Å². The van der Waals surface area contributed by atoms with Gasteiger partial charge < -0.3 is 15.0 Å². The van der Waals surface area contributed by atoms with E-state index >= 15 is 0 Å². The second-order valence-electron chi connectivity index (χ2n) is 5.95. The molecule has 0 bridgehead atoms. The van der Waals surface area contributed by atoms with Crippen molar-refractivity contribution in [2.75, 3.05) is 11.9 Å². The number of carbonyl (C=O) groups is 1. The Morgan fingerprint density at radius 2 is 1.82 bits per heavy atom. The van der Waals surface area contributed by atoms with Gasteiger partial charge in [-0.15, -0.1) is 0 Å². The number of benzene rings is 2. The zero-order chi connectivity index (χ0) is 20.3. The highest BCUT2D eigenvalue weighted by molar-refractivity contribution is 5.93. The van der Waals surface area contributed by atoms with Crippen LogP contribution in [0.5, 0.6) is 5.75 Å². The Balaban J connectivity index is 1.69. The first-order valence-corrected chi connectivity index (χ1v) is 8.22. The van der Waals surface area contributed by atoms with Crippen molar-refractivity contribution in [2.45, 2.75) is 13.1 Å². The van der Waals surface area contributed by atoms with Crippen molar-refractivity contribution >= 4 is 11.6 Å². The summed E-state index contributed by atoms with van der Waals surface area (Å²) in [6, 6.07) is 10.8. The molecule has 6 nitrogen and oxygen atoms in total. The Hall–Kier alpha value is -3.49. The van der Waals surface area contributed by atoms with E-state index in [1.54, 1.807) is 37.4 Å². The molecule has 9 heteroatoms. The summed E-state index contributed by atoms with van der Waals surface area (Å²) in [5.74, 6) is -0.386. The number of nitrogens with zero attached hydrogens (tertiary/aromatic N) is 1. The third-order valence-corrected chi connectivity index (χ3v) is 3.93. The van der Waals surface area contributed by atoms with Gasteiger partial charge in [0.1, 0.15) is 5.75 Å². The number of anilines is 1. The van der Waals surface area contributed by atoms with Gasteiger partial charge >= 0.3 is 11.9 Å². The van der Waals surface area contributed by atoms with Gasteiger partial charge in [-0.25, -0.2) is 4.79 Å². The summed E-state index contributed by atoms with van der Waals surface area (Å²) < 4.78 is 44.3. The number of aromatic amines is 1. The lowest BCUT2D eigenvalue weighted by atomic mass is 10.2. The first-order chi connectivity index (χ1) is 13.3. The highest BCUT2D eigenvalue weighted by atomic mass is 19.4. The number of halogens is 3. The summed E-state index contributed by atoms with van der Waals surface area (Å²) in [7, 11) is 0. The number of aromatic nitrogens is 2. The zero-order valence-electron chi connectivity index (χ0n) is 14.7. The molecule has 0 unspecified atom stereocenters. The van der Waals surface area contributed by atoms with E-state index in [2.05, 4.69) is 10.3 Å². The van der Waals surface area contributed by atoms with Crippen LogP contribution in [-0.2, 0) is 11.0 Å². The third-order valence-electron chi connectivity index (χ3n) is 3.93. The lowest BCUT2D eigenvalue weighted by molar-refractivity contribution is -0.137. The molecule has 146 valence electrons. The Morgan fingerprint density at radius 3 is 2.43 bits per heavy atom. The quantitative estimate of drug-likeness (QED) is 0.699. The molecule has 1 aromatic heterocycles. The van der Waals surface area contributed by atoms with E-state index in [1.165, 1.54) is 4.57 Å². The van der Waals surface area contributed by atoms with Crippen LogP contribution in [0.1, 0.15) is 11.3 Å². The average Bonchev–Trinajstić information content (AvgIpc) is 2.98. The van der Waals surface area contributed by atoms with Crippen LogP contribution in [-0.4, -0.2) is 22.1 Å². The number of hydrogen-bond acceptors (Lipinski definition) is 3. The summed E-state index contributed by atoms with van der Waals surface area (Å²) >= 11 is 0. The van der Waals surface area contributed by atoms with Crippen LogP contribution in [0, 0.1) is 6.92 Å². The zero-order valence-corrected chi connectivity index (χ0v) is 14.7. The monoisotopic (exact) mass is 391 g/mol. The van der Waals surface area contributed by atoms with Gasteiger partial charge in [-0.3, -0.25) is 9.36 Å². The van der Waals surface area contributed by atoms with Gasteiger partial charge in [0.25, 0.3) is 5.91 Å². The molecule has 3 aromatic rings. The summed E-state index contributed by atoms with van der Waals surface area (Å²) in [6.45, 7) is 1.34. The number of aryl methyl sites for hydroxylation is 1. The van der Waals surface area contributed by atoms with Crippen molar-refractivity contribution in [3.63, 3.8) is 0 Å². The summed E-state index contributed by atoms with van der Waals surface area (Å²) in [4.78, 5) is 26.7. The minimum absolute atomic E-state index is 0.133. The van der Waals surface area contributed by atoms with Crippen molar-refractivity contribution in [3.8, 4) is 11.4 Å². The van der Waals surface area contributed by atoms with Crippen LogP contribution in [0.15, 0.2) is 59.5 Å². The molecule has 28 heavy (non-hydrogen) atoms. The molecule has 2 aromatic carbocycles. The number of rotatable bonds is 5. The fourth-order valence-corrected chi connectivity index (χ4v) is 2.60. The lowest BCUT2D eigenvalue weighted by Crippen LogP contribution is -2.23. The molecule has 0 saturated carbocycles. The fraction of sp³-hybridized carbons (Fsp3) is 0.158. The van der Waals surface area contributed by atoms with Crippen molar-refractivity contribution < 1.29 is 22.7 Å². The molecular weight excluding hydrogens is 375 g/mol. The Kier molecular flexibility index (Phi) is 5.25. The van der Waals surface area contributed by atoms with E-state index in [4.69, 9.17) is 4.74 Å². The second-order valence-corrected chi connectivity index (χ2v) is 5.95. The molecule has 1 heterocycles. The average molecular weight is 391 g/mol. The van der Waals surface area contributed by atoms with Crippen LogP contribution in [0.2, 0.25) is 0 Å². The van der Waals surface area contributed by atoms with Crippen LogP contribution < -0.4 is 15.7 Å². The highest BCUT2D eigenvalue weighted by Crippen LogP contribution is 2.30. The molecule has 1 amide bonds. The molecular formula is C19H16F3N3O3. The van der Waals surface area contributed by atoms with Gasteiger partial charge in [0.15, 0.2) is 6.61 Å². The van der Waals surface area contributed by atoms with Gasteiger partial charge in [0.2, 0.25) is 0 Å². The maximum absolute atomic E-state index is 12.6. The number of hydrogen-bond donors (Lipinski definition) is 2. The van der Waals surface area contributed by atoms with Crippen molar-refractivity contribution in [1.29, 1.82) is 0 Å². The lowest BCUT2D eigenvalue weighted by Gasteiger charge is -2.13. The second kappa shape index (κ2) is 7.63. The molecule has 0 spiro atoms. The van der Waals surface area contributed by atoms with Gasteiger partial charge in [-0.2, -0.15) is 13.2 Å². The Bertz CT molecular complexity index is 1040. The smallest absolute Gasteiger partial charge is 0.416 e. The molecule has 0 aliphatic rings. The highest BCUT2D eigenvalue weighted by Gasteiger charge is 2.30. The molecule has 0 atom stereocenters. The van der Waals surface area contributed by atoms with Crippen molar-refractivity contribution in [2.24, 2.45) is 0 Å². The van der Waals surface area contributed by atoms with Gasteiger partial charge in [-0.1, -0.05) is 12.1 Å². The number of nitrogens with one attached hydrogen (secondary N) is 2. The van der Waals surface area contributed by atoms with E-state index in [-0.39, 0.29) is 11.4 Å². The largest absolute Gasteiger partial charge is 0.484 e. The predicted octanol–water partition coefficient (Wildman–Crippen LogP) is 3.51. The molecule has 0 fully saturated rings. The maximum atomic E-state index is 12.6. The normalized spacial score (nSPS) is 11.3. The van der Waals surface area contributed by atoms with E-state index in [1.807, 2.05) is 0 Å². The Morgan fingerprint density at radius 1 is 1.14 bits per heavy atom. The SMILES string of the molecule is Cc1c[nH]c(=O)n1-c1ccccc1NC(=O)COc1ccc(C(F)(F)F)cc1. The van der Waals surface area contributed by atoms with Gasteiger partial charge in [0, 0.05) is 11.9 Å². The summed E-state index contributed by atoms with van der Waals surface area (Å²) in [6.07, 6.45) is -2.89. The van der Waals surface area contributed by atoms with Crippen molar-refractivity contribution in [1.82, 2.24) is 9.55 Å². The molecule has 2 N–H and O–H groups in total. The Labute approximate surface area is 157 Å². The van der Waals surface area contributed by atoms with Crippen LogP contribution in [0.4, 0.5) is 18.9 Å². The number of carbonyl (C=O) groups excluding carboxylic acids is 1. The molecule has 0 aliphatic carbocycles. The van der Waals surface area contributed by atoms with E-state index in [0.717, 1.165) is 24.3 Å². The number of imidazole rings is 1. The van der Waals surface area contributed by atoms with Gasteiger partial charge in [-0.05, 0) is 43.3 Å². The van der Waals surface area contributed by atoms with Gasteiger partial charge in [0.05, 0.1) is 16.9 Å². The molecule has 0 aliphatic heterocycles. The maximum Gasteiger partial charge on any atom is 0.416 e. The van der Waals surface area contributed by atoms with E-state index in [0.29, 0.717) is 17.1 Å². The number of amides is 1. The van der Waals surface area contributed by atoms with E-state index in [9.17, 15) is 22.8 Å². The summed E-state index contributed by atoms with van der Waals surface area (Å²) in [5.41, 5.74) is 0.390. The predicted molar refractivity (Wildman–Crippen MR) is 96.7 cm³/mol. The minimum Gasteiger partial charge on any atom is -0.484 e. The fourth-order valence-electron chi connectivity index (χ4n) is 2.60. The molecule has 0 saturated heterocycles. The standard InChI is InChI=1S/C19H16F3N3O3/c1-12-10-23-18(27)25(12)16-5-3-2-4-15(16)24-17(26)11-28-14-8-6-13(7-9-14)19(20,21)22/h2-10H,11H2,1H3,(H,23,27)(H,24,26). The minimum atomic E-state index is -4.44. The topological polar surface area (TPSA) is 76.1 Å². The van der Waals surface area contributed by atoms with Crippen molar-refractivity contribution in [3.05, 3.63) is 76.5 Å². The molecule has 0 radical (unpaired) electrons. The summed E-state index contributed by atoms with van der Waals surface area (Å²) in [5, 5.41) is 2.64. The number of H-pyrrole nitrogens is 1.